The Kier molecular flexibility index (Phi) is 4.84. The summed E-state index contributed by atoms with van der Waals surface area (Å²) in [5.41, 5.74) is 1.48. The molecule has 0 saturated carbocycles. The van der Waals surface area contributed by atoms with Gasteiger partial charge in [0, 0.05) is 6.54 Å². The quantitative estimate of drug-likeness (QED) is 0.835. The highest BCUT2D eigenvalue weighted by Gasteiger charge is 2.14. The lowest BCUT2D eigenvalue weighted by molar-refractivity contribution is 0.261. The zero-order chi connectivity index (χ0) is 12.3. The standard InChI is InChI=1S/C11H16Cl2N2O/c1-7-9(12)11(10(13)8(2)14-7)16-6-5-15(3)4/h5-6H2,1-4H3. The number of likely N-dealkylation sites (N-methyl/N-ethyl adjacent to an activating group) is 1. The fourth-order valence-electron chi connectivity index (χ4n) is 1.23. The predicted octanol–water partition coefficient (Wildman–Crippen LogP) is 2.95. The molecule has 0 unspecified atom stereocenters. The molecule has 0 aliphatic carbocycles. The van der Waals surface area contributed by atoms with E-state index in [1.807, 2.05) is 32.8 Å². The molecular weight excluding hydrogens is 247 g/mol. The van der Waals surface area contributed by atoms with Crippen LogP contribution in [0.25, 0.3) is 0 Å². The minimum atomic E-state index is 0.495. The molecule has 3 nitrogen and oxygen atoms in total. The zero-order valence-corrected chi connectivity index (χ0v) is 11.5. The van der Waals surface area contributed by atoms with Crippen molar-refractivity contribution in [2.24, 2.45) is 0 Å². The number of pyridine rings is 1. The van der Waals surface area contributed by atoms with E-state index in [1.54, 1.807) is 0 Å². The maximum absolute atomic E-state index is 6.10. The molecule has 1 aromatic heterocycles. The summed E-state index contributed by atoms with van der Waals surface area (Å²) < 4.78 is 5.59. The Hall–Kier alpha value is -0.510. The first-order chi connectivity index (χ1) is 7.43. The number of aromatic nitrogens is 1. The monoisotopic (exact) mass is 262 g/mol. The van der Waals surface area contributed by atoms with Crippen molar-refractivity contribution >= 4 is 23.2 Å². The molecule has 0 radical (unpaired) electrons. The Morgan fingerprint density at radius 2 is 1.62 bits per heavy atom. The lowest BCUT2D eigenvalue weighted by atomic mass is 10.3. The highest BCUT2D eigenvalue weighted by atomic mass is 35.5. The molecule has 0 saturated heterocycles. The maximum atomic E-state index is 6.10. The van der Waals surface area contributed by atoms with Gasteiger partial charge in [-0.1, -0.05) is 23.2 Å². The second-order valence-electron chi connectivity index (χ2n) is 3.89. The normalized spacial score (nSPS) is 10.9. The van der Waals surface area contributed by atoms with E-state index in [1.165, 1.54) is 0 Å². The molecule has 0 N–H and O–H groups in total. The van der Waals surface area contributed by atoms with E-state index in [0.717, 1.165) is 17.9 Å². The third-order valence-electron chi connectivity index (χ3n) is 2.15. The molecule has 0 fully saturated rings. The first kappa shape index (κ1) is 13.6. The topological polar surface area (TPSA) is 25.4 Å². The Morgan fingerprint density at radius 1 is 1.12 bits per heavy atom. The predicted molar refractivity (Wildman–Crippen MR) is 67.8 cm³/mol. The number of hydrogen-bond acceptors (Lipinski definition) is 3. The molecule has 5 heteroatoms. The lowest BCUT2D eigenvalue weighted by Crippen LogP contribution is -2.19. The van der Waals surface area contributed by atoms with Crippen LogP contribution >= 0.6 is 23.2 Å². The van der Waals surface area contributed by atoms with Crippen LogP contribution in [-0.2, 0) is 0 Å². The van der Waals surface area contributed by atoms with Gasteiger partial charge in [0.2, 0.25) is 0 Å². The van der Waals surface area contributed by atoms with Gasteiger partial charge in [-0.25, -0.2) is 0 Å². The van der Waals surface area contributed by atoms with Crippen LogP contribution in [0.1, 0.15) is 11.4 Å². The number of hydrogen-bond donors (Lipinski definition) is 0. The first-order valence-electron chi connectivity index (χ1n) is 5.03. The van der Waals surface area contributed by atoms with Gasteiger partial charge in [-0.05, 0) is 27.9 Å². The van der Waals surface area contributed by atoms with Crippen LogP contribution in [0, 0.1) is 13.8 Å². The van der Waals surface area contributed by atoms with E-state index < -0.39 is 0 Å². The molecule has 90 valence electrons. The van der Waals surface area contributed by atoms with E-state index in [9.17, 15) is 0 Å². The third kappa shape index (κ3) is 3.24. The molecule has 0 aliphatic heterocycles. The van der Waals surface area contributed by atoms with Crippen molar-refractivity contribution < 1.29 is 4.74 Å². The number of halogens is 2. The van der Waals surface area contributed by atoms with Gasteiger partial charge in [-0.2, -0.15) is 0 Å². The molecule has 0 amide bonds. The van der Waals surface area contributed by atoms with Crippen molar-refractivity contribution in [2.45, 2.75) is 13.8 Å². The highest BCUT2D eigenvalue weighted by Crippen LogP contribution is 2.36. The van der Waals surface area contributed by atoms with E-state index in [4.69, 9.17) is 27.9 Å². The summed E-state index contributed by atoms with van der Waals surface area (Å²) in [5, 5.41) is 0.990. The van der Waals surface area contributed by atoms with E-state index in [-0.39, 0.29) is 0 Å². The van der Waals surface area contributed by atoms with Gasteiger partial charge in [0.15, 0.2) is 5.75 Å². The average Bonchev–Trinajstić information content (AvgIpc) is 2.20. The smallest absolute Gasteiger partial charge is 0.160 e. The number of ether oxygens (including phenoxy) is 1. The Morgan fingerprint density at radius 3 is 2.06 bits per heavy atom. The highest BCUT2D eigenvalue weighted by molar-refractivity contribution is 6.37. The van der Waals surface area contributed by atoms with Gasteiger partial charge >= 0.3 is 0 Å². The van der Waals surface area contributed by atoms with Crippen LogP contribution in [0.5, 0.6) is 5.75 Å². The molecule has 1 rings (SSSR count). The number of aryl methyl sites for hydroxylation is 2. The minimum absolute atomic E-state index is 0.495. The summed E-state index contributed by atoms with van der Waals surface area (Å²) in [6.45, 7) is 5.04. The molecule has 16 heavy (non-hydrogen) atoms. The summed E-state index contributed by atoms with van der Waals surface area (Å²) in [5.74, 6) is 0.537. The minimum Gasteiger partial charge on any atom is -0.489 e. The SMILES string of the molecule is Cc1nc(C)c(Cl)c(OCCN(C)C)c1Cl. The molecule has 1 aromatic rings. The summed E-state index contributed by atoms with van der Waals surface area (Å²) in [4.78, 5) is 6.25. The Bertz CT molecular complexity index is 354. The zero-order valence-electron chi connectivity index (χ0n) is 9.97. The number of rotatable bonds is 4. The van der Waals surface area contributed by atoms with Crippen molar-refractivity contribution in [1.29, 1.82) is 0 Å². The summed E-state index contributed by atoms with van der Waals surface area (Å²) in [7, 11) is 3.96. The van der Waals surface area contributed by atoms with E-state index in [0.29, 0.717) is 22.4 Å². The molecule has 0 bridgehead atoms. The van der Waals surface area contributed by atoms with Crippen LogP contribution in [0.3, 0.4) is 0 Å². The molecule has 1 heterocycles. The van der Waals surface area contributed by atoms with Crippen LogP contribution in [0.4, 0.5) is 0 Å². The van der Waals surface area contributed by atoms with Gasteiger partial charge in [0.05, 0.1) is 11.4 Å². The lowest BCUT2D eigenvalue weighted by Gasteiger charge is -2.14. The molecule has 0 atom stereocenters. The first-order valence-corrected chi connectivity index (χ1v) is 5.78. The van der Waals surface area contributed by atoms with Gasteiger partial charge in [-0.3, -0.25) is 4.98 Å². The van der Waals surface area contributed by atoms with Crippen molar-refractivity contribution in [3.63, 3.8) is 0 Å². The fraction of sp³-hybridized carbons (Fsp3) is 0.545. The summed E-state index contributed by atoms with van der Waals surface area (Å²) in [6.07, 6.45) is 0. The van der Waals surface area contributed by atoms with Crippen molar-refractivity contribution in [2.75, 3.05) is 27.2 Å². The van der Waals surface area contributed by atoms with Gasteiger partial charge < -0.3 is 9.64 Å². The van der Waals surface area contributed by atoms with Crippen molar-refractivity contribution in [1.82, 2.24) is 9.88 Å². The summed E-state index contributed by atoms with van der Waals surface area (Å²) >= 11 is 12.2. The van der Waals surface area contributed by atoms with Crippen LogP contribution in [0.2, 0.25) is 10.0 Å². The van der Waals surface area contributed by atoms with Crippen molar-refractivity contribution in [3.8, 4) is 5.75 Å². The summed E-state index contributed by atoms with van der Waals surface area (Å²) in [6, 6.07) is 0. The Labute approximate surface area is 106 Å². The molecule has 0 aliphatic rings. The molecular formula is C11H16Cl2N2O. The molecule has 0 aromatic carbocycles. The van der Waals surface area contributed by atoms with E-state index >= 15 is 0 Å². The third-order valence-corrected chi connectivity index (χ3v) is 3.04. The maximum Gasteiger partial charge on any atom is 0.160 e. The molecule has 0 spiro atoms. The van der Waals surface area contributed by atoms with Crippen molar-refractivity contribution in [3.05, 3.63) is 21.4 Å². The second kappa shape index (κ2) is 5.71. The van der Waals surface area contributed by atoms with Crippen LogP contribution in [-0.4, -0.2) is 37.1 Å². The van der Waals surface area contributed by atoms with E-state index in [2.05, 4.69) is 4.98 Å². The van der Waals surface area contributed by atoms with Gasteiger partial charge in [-0.15, -0.1) is 0 Å². The average molecular weight is 263 g/mol. The number of nitrogens with zero attached hydrogens (tertiary/aromatic N) is 2. The second-order valence-corrected chi connectivity index (χ2v) is 4.65. The van der Waals surface area contributed by atoms with Crippen LogP contribution in [0.15, 0.2) is 0 Å². The van der Waals surface area contributed by atoms with Gasteiger partial charge in [0.1, 0.15) is 16.7 Å². The van der Waals surface area contributed by atoms with Gasteiger partial charge in [0.25, 0.3) is 0 Å². The largest absolute Gasteiger partial charge is 0.489 e. The Balaban J connectivity index is 2.86. The fourth-order valence-corrected chi connectivity index (χ4v) is 1.66. The van der Waals surface area contributed by atoms with Crippen LogP contribution < -0.4 is 4.74 Å².